The molecule has 1 atom stereocenters. The average molecular weight is 477 g/mol. The number of rotatable bonds is 6. The van der Waals surface area contributed by atoms with Gasteiger partial charge in [-0.15, -0.1) is 0 Å². The van der Waals surface area contributed by atoms with Gasteiger partial charge in [0.15, 0.2) is 16.7 Å². The summed E-state index contributed by atoms with van der Waals surface area (Å²) in [6.07, 6.45) is 2.99. The first kappa shape index (κ1) is 22.1. The smallest absolute Gasteiger partial charge is 0.240 e. The predicted molar refractivity (Wildman–Crippen MR) is 125 cm³/mol. The summed E-state index contributed by atoms with van der Waals surface area (Å²) >= 11 is 3.24. The maximum absolute atomic E-state index is 13.2. The molecule has 3 fully saturated rings. The number of fused-ring (bicyclic) bond motifs is 1. The molecular formula is C22H28N4O4S2. The number of Topliss-reactive ketones (excluding diaryl/α,β-unsaturated/α-hetero) is 1. The molecule has 0 saturated carbocycles. The molecule has 1 amide bonds. The lowest BCUT2D eigenvalue weighted by Gasteiger charge is -2.43. The Morgan fingerprint density at radius 1 is 1.22 bits per heavy atom. The molecule has 0 spiro atoms. The van der Waals surface area contributed by atoms with E-state index in [2.05, 4.69) is 20.1 Å². The van der Waals surface area contributed by atoms with Crippen LogP contribution in [0.3, 0.4) is 0 Å². The molecule has 10 heteroatoms. The second-order valence-corrected chi connectivity index (χ2v) is 10.6. The van der Waals surface area contributed by atoms with Crippen LogP contribution in [0.4, 0.5) is 5.13 Å². The monoisotopic (exact) mass is 476 g/mol. The number of nitrogens with zero attached hydrogens (tertiary/aromatic N) is 3. The molecule has 172 valence electrons. The van der Waals surface area contributed by atoms with E-state index in [-0.39, 0.29) is 17.6 Å². The number of ether oxygens (including phenoxy) is 1. The molecule has 1 unspecified atom stereocenters. The molecule has 5 heterocycles. The SMILES string of the molecule is O=C(CN1CCN2CCSCC2C1)Nc1nc(-c2ccco2)c(C(=O)C2CCOCC2)s1. The molecule has 1 N–H and O–H groups in total. The molecule has 2 aromatic rings. The van der Waals surface area contributed by atoms with E-state index in [0.29, 0.717) is 60.1 Å². The third-order valence-electron chi connectivity index (χ3n) is 6.33. The minimum atomic E-state index is -0.0910. The zero-order chi connectivity index (χ0) is 21.9. The number of thioether (sulfide) groups is 1. The van der Waals surface area contributed by atoms with E-state index in [1.807, 2.05) is 11.8 Å². The fourth-order valence-corrected chi connectivity index (χ4v) is 6.71. The van der Waals surface area contributed by atoms with Gasteiger partial charge in [-0.3, -0.25) is 19.4 Å². The van der Waals surface area contributed by atoms with Gasteiger partial charge in [-0.05, 0) is 25.0 Å². The van der Waals surface area contributed by atoms with Gasteiger partial charge in [0.1, 0.15) is 10.6 Å². The summed E-state index contributed by atoms with van der Waals surface area (Å²) in [6.45, 7) is 5.52. The number of carbonyl (C=O) groups excluding carboxylic acids is 2. The largest absolute Gasteiger partial charge is 0.463 e. The fourth-order valence-electron chi connectivity index (χ4n) is 4.58. The van der Waals surface area contributed by atoms with Crippen LogP contribution in [0.5, 0.6) is 0 Å². The fraction of sp³-hybridized carbons (Fsp3) is 0.591. The van der Waals surface area contributed by atoms with E-state index >= 15 is 0 Å². The first-order chi connectivity index (χ1) is 15.7. The molecule has 0 aliphatic carbocycles. The summed E-state index contributed by atoms with van der Waals surface area (Å²) in [5.74, 6) is 2.77. The molecular weight excluding hydrogens is 448 g/mol. The van der Waals surface area contributed by atoms with E-state index in [4.69, 9.17) is 9.15 Å². The number of furan rings is 1. The molecule has 0 radical (unpaired) electrons. The Labute approximate surface area is 195 Å². The number of nitrogens with one attached hydrogen (secondary N) is 1. The number of thiazole rings is 1. The first-order valence-electron chi connectivity index (χ1n) is 11.2. The molecule has 3 saturated heterocycles. The Hall–Kier alpha value is -1.72. The molecule has 32 heavy (non-hydrogen) atoms. The van der Waals surface area contributed by atoms with Crippen molar-refractivity contribution in [1.29, 1.82) is 0 Å². The Balaban J connectivity index is 1.27. The van der Waals surface area contributed by atoms with Gasteiger partial charge in [0.25, 0.3) is 0 Å². The van der Waals surface area contributed by atoms with Crippen LogP contribution in [-0.4, -0.2) is 90.0 Å². The van der Waals surface area contributed by atoms with Crippen molar-refractivity contribution in [1.82, 2.24) is 14.8 Å². The van der Waals surface area contributed by atoms with E-state index in [1.54, 1.807) is 18.4 Å². The van der Waals surface area contributed by atoms with Crippen LogP contribution in [0.2, 0.25) is 0 Å². The minimum absolute atomic E-state index is 0.0589. The predicted octanol–water partition coefficient (Wildman–Crippen LogP) is 2.68. The van der Waals surface area contributed by atoms with Gasteiger partial charge in [0, 0.05) is 62.9 Å². The number of ketones is 1. The van der Waals surface area contributed by atoms with Gasteiger partial charge in [0.2, 0.25) is 5.91 Å². The van der Waals surface area contributed by atoms with Gasteiger partial charge in [-0.1, -0.05) is 11.3 Å². The van der Waals surface area contributed by atoms with Crippen molar-refractivity contribution in [2.45, 2.75) is 18.9 Å². The van der Waals surface area contributed by atoms with Gasteiger partial charge in [0.05, 0.1) is 12.8 Å². The minimum Gasteiger partial charge on any atom is -0.463 e. The number of aromatic nitrogens is 1. The van der Waals surface area contributed by atoms with Gasteiger partial charge < -0.3 is 14.5 Å². The molecule has 3 aliphatic rings. The Kier molecular flexibility index (Phi) is 6.94. The lowest BCUT2D eigenvalue weighted by atomic mass is 9.94. The van der Waals surface area contributed by atoms with Crippen LogP contribution in [-0.2, 0) is 9.53 Å². The van der Waals surface area contributed by atoms with Crippen molar-refractivity contribution >= 4 is 39.9 Å². The standard InChI is InChI=1S/C22H28N4O4S2/c27-18(13-25-5-6-26-7-11-31-14-16(26)12-25)23-22-24-19(17-2-1-8-30-17)21(32-22)20(28)15-3-9-29-10-4-15/h1-2,8,15-16H,3-7,9-14H2,(H,23,24,27). The first-order valence-corrected chi connectivity index (χ1v) is 13.1. The van der Waals surface area contributed by atoms with Crippen LogP contribution >= 0.6 is 23.1 Å². The van der Waals surface area contributed by atoms with Crippen LogP contribution in [0.25, 0.3) is 11.5 Å². The number of hydrogen-bond acceptors (Lipinski definition) is 9. The van der Waals surface area contributed by atoms with E-state index in [1.165, 1.54) is 17.1 Å². The van der Waals surface area contributed by atoms with E-state index in [0.717, 1.165) is 31.9 Å². The topological polar surface area (TPSA) is 87.9 Å². The highest BCUT2D eigenvalue weighted by molar-refractivity contribution is 7.99. The molecule has 5 rings (SSSR count). The number of hydrogen-bond donors (Lipinski definition) is 1. The summed E-state index contributed by atoms with van der Waals surface area (Å²) in [5.41, 5.74) is 0.514. The summed E-state index contributed by atoms with van der Waals surface area (Å²) < 4.78 is 10.9. The molecule has 2 aromatic heterocycles. The van der Waals surface area contributed by atoms with Crippen LogP contribution in [0.15, 0.2) is 22.8 Å². The normalized spacial score (nSPS) is 23.1. The van der Waals surface area contributed by atoms with E-state index in [9.17, 15) is 9.59 Å². The van der Waals surface area contributed by atoms with Crippen molar-refractivity contribution in [3.63, 3.8) is 0 Å². The van der Waals surface area contributed by atoms with Crippen molar-refractivity contribution in [3.8, 4) is 11.5 Å². The average Bonchev–Trinajstić information content (AvgIpc) is 3.49. The van der Waals surface area contributed by atoms with Crippen molar-refractivity contribution in [3.05, 3.63) is 23.3 Å². The van der Waals surface area contributed by atoms with Gasteiger partial charge >= 0.3 is 0 Å². The summed E-state index contributed by atoms with van der Waals surface area (Å²) in [5, 5.41) is 3.38. The second kappa shape index (κ2) is 10.0. The van der Waals surface area contributed by atoms with Gasteiger partial charge in [-0.25, -0.2) is 4.98 Å². The molecule has 8 nitrogen and oxygen atoms in total. The zero-order valence-electron chi connectivity index (χ0n) is 18.0. The van der Waals surface area contributed by atoms with Crippen LogP contribution in [0.1, 0.15) is 22.5 Å². The van der Waals surface area contributed by atoms with Crippen molar-refractivity contribution in [2.75, 3.05) is 62.8 Å². The second-order valence-electron chi connectivity index (χ2n) is 8.47. The van der Waals surface area contributed by atoms with Crippen molar-refractivity contribution < 1.29 is 18.7 Å². The van der Waals surface area contributed by atoms with Crippen LogP contribution < -0.4 is 5.32 Å². The Morgan fingerprint density at radius 3 is 2.91 bits per heavy atom. The number of amides is 1. The molecule has 0 aromatic carbocycles. The maximum atomic E-state index is 13.2. The zero-order valence-corrected chi connectivity index (χ0v) is 19.6. The Bertz CT molecular complexity index is 942. The number of anilines is 1. The highest BCUT2D eigenvalue weighted by Gasteiger charge is 2.31. The quantitative estimate of drug-likeness (QED) is 0.637. The lowest BCUT2D eigenvalue weighted by molar-refractivity contribution is -0.118. The highest BCUT2D eigenvalue weighted by atomic mass is 32.2. The summed E-state index contributed by atoms with van der Waals surface area (Å²) in [4.78, 5) is 35.9. The van der Waals surface area contributed by atoms with Crippen LogP contribution in [0, 0.1) is 5.92 Å². The number of piperazine rings is 1. The highest BCUT2D eigenvalue weighted by Crippen LogP contribution is 2.35. The third kappa shape index (κ3) is 4.94. The molecule has 3 aliphatic heterocycles. The summed E-state index contributed by atoms with van der Waals surface area (Å²) in [7, 11) is 0. The molecule has 0 bridgehead atoms. The lowest BCUT2D eigenvalue weighted by Crippen LogP contribution is -2.57. The Morgan fingerprint density at radius 2 is 2.09 bits per heavy atom. The van der Waals surface area contributed by atoms with Gasteiger partial charge in [-0.2, -0.15) is 11.8 Å². The third-order valence-corrected chi connectivity index (χ3v) is 8.41. The van der Waals surface area contributed by atoms with E-state index < -0.39 is 0 Å². The maximum Gasteiger partial charge on any atom is 0.240 e. The van der Waals surface area contributed by atoms with Crippen molar-refractivity contribution in [2.24, 2.45) is 5.92 Å². The summed E-state index contributed by atoms with van der Waals surface area (Å²) in [6, 6.07) is 4.10. The number of carbonyl (C=O) groups is 2.